The van der Waals surface area contributed by atoms with Crippen LogP contribution in [0.1, 0.15) is 59.4 Å². The summed E-state index contributed by atoms with van der Waals surface area (Å²) >= 11 is 0. The summed E-state index contributed by atoms with van der Waals surface area (Å²) in [6.45, 7) is 9.21. The molecule has 3 heterocycles. The summed E-state index contributed by atoms with van der Waals surface area (Å²) in [5.41, 5.74) is 5.72. The van der Waals surface area contributed by atoms with Crippen LogP contribution in [0.2, 0.25) is 0 Å². The van der Waals surface area contributed by atoms with E-state index in [1.807, 2.05) is 57.3 Å². The normalized spacial score (nSPS) is 14.3. The fourth-order valence-corrected chi connectivity index (χ4v) is 5.71. The Morgan fingerprint density at radius 2 is 1.66 bits per heavy atom. The molecule has 0 bridgehead atoms. The van der Waals surface area contributed by atoms with Gasteiger partial charge < -0.3 is 14.8 Å². The van der Waals surface area contributed by atoms with Crippen LogP contribution < -0.4 is 5.32 Å². The van der Waals surface area contributed by atoms with Crippen molar-refractivity contribution in [2.75, 3.05) is 0 Å². The van der Waals surface area contributed by atoms with Gasteiger partial charge in [-0.2, -0.15) is 9.78 Å². The number of hydrogen-bond donors (Lipinski definition) is 1. The van der Waals surface area contributed by atoms with Gasteiger partial charge >= 0.3 is 12.2 Å². The third-order valence-corrected chi connectivity index (χ3v) is 7.78. The number of alkyl carbamates (subject to hydrolysis) is 1. The highest BCUT2D eigenvalue weighted by atomic mass is 16.6. The zero-order chi connectivity index (χ0) is 31.1. The van der Waals surface area contributed by atoms with Crippen molar-refractivity contribution in [3.8, 4) is 33.8 Å². The van der Waals surface area contributed by atoms with Crippen molar-refractivity contribution in [3.05, 3.63) is 90.8 Å². The first-order valence-electron chi connectivity index (χ1n) is 15.0. The van der Waals surface area contributed by atoms with E-state index in [9.17, 15) is 9.59 Å². The van der Waals surface area contributed by atoms with Crippen LogP contribution in [-0.4, -0.2) is 43.1 Å². The van der Waals surface area contributed by atoms with E-state index >= 15 is 0 Å². The molecule has 44 heavy (non-hydrogen) atoms. The molecule has 1 aliphatic carbocycles. The lowest BCUT2D eigenvalue weighted by atomic mass is 9.71. The molecule has 0 radical (unpaired) electrons. The predicted octanol–water partition coefficient (Wildman–Crippen LogP) is 7.83. The molecular formula is C35H37N5O4. The van der Waals surface area contributed by atoms with Crippen LogP contribution in [-0.2, 0) is 15.0 Å². The summed E-state index contributed by atoms with van der Waals surface area (Å²) < 4.78 is 14.3. The zero-order valence-electron chi connectivity index (χ0n) is 25.7. The van der Waals surface area contributed by atoms with Crippen molar-refractivity contribution in [3.63, 3.8) is 0 Å². The number of nitrogens with zero attached hydrogens (tertiary/aromatic N) is 4. The molecule has 0 aliphatic heterocycles. The van der Waals surface area contributed by atoms with E-state index in [1.165, 1.54) is 4.68 Å². The highest BCUT2D eigenvalue weighted by Crippen LogP contribution is 2.43. The Balaban J connectivity index is 1.43. The molecule has 226 valence electrons. The van der Waals surface area contributed by atoms with Crippen LogP contribution in [0.3, 0.4) is 0 Å². The third-order valence-electron chi connectivity index (χ3n) is 7.78. The quantitative estimate of drug-likeness (QED) is 0.216. The number of hydrogen-bond acceptors (Lipinski definition) is 6. The van der Waals surface area contributed by atoms with Crippen LogP contribution >= 0.6 is 0 Å². The van der Waals surface area contributed by atoms with E-state index in [2.05, 4.69) is 51.2 Å². The standard InChI is InChI=1S/C35H37N5O4/c1-23(2)43-33(42)40-28(18-21-36-40)27-13-9-22-39-30(25-11-7-6-8-12-25)29(37-31(27)39)24-14-16-26(17-15-24)35(19-10-20-35)38-32(41)44-34(3,4)5/h6-9,11-18,21-23H,10,19-20H2,1-5H3,(H,38,41). The largest absolute Gasteiger partial charge is 0.445 e. The highest BCUT2D eigenvalue weighted by molar-refractivity contribution is 5.89. The number of benzene rings is 2. The van der Waals surface area contributed by atoms with E-state index in [0.717, 1.165) is 52.9 Å². The second-order valence-corrected chi connectivity index (χ2v) is 12.5. The highest BCUT2D eigenvalue weighted by Gasteiger charge is 2.41. The number of imidazole rings is 1. The molecule has 3 aromatic heterocycles. The maximum absolute atomic E-state index is 12.9. The molecule has 9 nitrogen and oxygen atoms in total. The van der Waals surface area contributed by atoms with Gasteiger partial charge in [-0.1, -0.05) is 54.6 Å². The number of ether oxygens (including phenoxy) is 2. The van der Waals surface area contributed by atoms with E-state index in [0.29, 0.717) is 11.3 Å². The molecule has 0 atom stereocenters. The van der Waals surface area contributed by atoms with Crippen LogP contribution in [0, 0.1) is 0 Å². The first-order valence-corrected chi connectivity index (χ1v) is 15.0. The van der Waals surface area contributed by atoms with Gasteiger partial charge in [0.2, 0.25) is 0 Å². The minimum absolute atomic E-state index is 0.278. The summed E-state index contributed by atoms with van der Waals surface area (Å²) in [7, 11) is 0. The molecule has 1 fully saturated rings. The van der Waals surface area contributed by atoms with Gasteiger partial charge in [-0.3, -0.25) is 4.40 Å². The number of fused-ring (bicyclic) bond motifs is 1. The van der Waals surface area contributed by atoms with Crippen molar-refractivity contribution in [2.45, 2.75) is 71.1 Å². The average Bonchev–Trinajstić information content (AvgIpc) is 3.60. The first kappa shape index (κ1) is 29.2. The zero-order valence-corrected chi connectivity index (χ0v) is 25.7. The number of carbonyl (C=O) groups is 2. The lowest BCUT2D eigenvalue weighted by Crippen LogP contribution is -2.52. The number of pyridine rings is 1. The monoisotopic (exact) mass is 591 g/mol. The number of aromatic nitrogens is 4. The van der Waals surface area contributed by atoms with Gasteiger partial charge in [0.25, 0.3) is 0 Å². The Morgan fingerprint density at radius 1 is 0.932 bits per heavy atom. The van der Waals surface area contributed by atoms with E-state index in [1.54, 1.807) is 26.1 Å². The van der Waals surface area contributed by atoms with Crippen LogP contribution in [0.25, 0.3) is 39.4 Å². The number of carbonyl (C=O) groups excluding carboxylic acids is 2. The molecule has 0 unspecified atom stereocenters. The van der Waals surface area contributed by atoms with Gasteiger partial charge in [0, 0.05) is 22.9 Å². The lowest BCUT2D eigenvalue weighted by Gasteiger charge is -2.43. The third kappa shape index (κ3) is 5.57. The maximum atomic E-state index is 12.9. The van der Waals surface area contributed by atoms with Crippen molar-refractivity contribution in [1.82, 2.24) is 24.5 Å². The van der Waals surface area contributed by atoms with Gasteiger partial charge in [-0.15, -0.1) is 0 Å². The van der Waals surface area contributed by atoms with E-state index in [4.69, 9.17) is 14.5 Å². The predicted molar refractivity (Wildman–Crippen MR) is 169 cm³/mol. The number of rotatable bonds is 6. The second-order valence-electron chi connectivity index (χ2n) is 12.5. The molecular weight excluding hydrogens is 554 g/mol. The molecule has 1 amide bonds. The maximum Gasteiger partial charge on any atom is 0.435 e. The van der Waals surface area contributed by atoms with Crippen LogP contribution in [0.5, 0.6) is 0 Å². The number of nitrogens with one attached hydrogen (secondary N) is 1. The summed E-state index contributed by atoms with van der Waals surface area (Å²) in [5.74, 6) is 0. The van der Waals surface area contributed by atoms with Gasteiger partial charge in [-0.25, -0.2) is 14.6 Å². The van der Waals surface area contributed by atoms with Crippen LogP contribution in [0.15, 0.2) is 85.2 Å². The molecule has 0 spiro atoms. The van der Waals surface area contributed by atoms with E-state index < -0.39 is 23.3 Å². The summed E-state index contributed by atoms with van der Waals surface area (Å²) in [6, 6.07) is 24.0. The van der Waals surface area contributed by atoms with Crippen molar-refractivity contribution < 1.29 is 19.1 Å². The van der Waals surface area contributed by atoms with Crippen LogP contribution in [0.4, 0.5) is 9.59 Å². The Labute approximate surface area is 256 Å². The fraction of sp³-hybridized carbons (Fsp3) is 0.314. The van der Waals surface area contributed by atoms with E-state index in [-0.39, 0.29) is 6.10 Å². The number of amides is 1. The molecule has 5 aromatic rings. The molecule has 1 N–H and O–H groups in total. The summed E-state index contributed by atoms with van der Waals surface area (Å²) in [6.07, 6.45) is 5.08. The Morgan fingerprint density at radius 3 is 2.30 bits per heavy atom. The Bertz CT molecular complexity index is 1810. The fourth-order valence-electron chi connectivity index (χ4n) is 5.71. The lowest BCUT2D eigenvalue weighted by molar-refractivity contribution is 0.0377. The van der Waals surface area contributed by atoms with Gasteiger partial charge in [0.1, 0.15) is 11.2 Å². The van der Waals surface area contributed by atoms with Crippen molar-refractivity contribution >= 4 is 17.8 Å². The minimum Gasteiger partial charge on any atom is -0.445 e. The van der Waals surface area contributed by atoms with Gasteiger partial charge in [-0.05, 0) is 77.6 Å². The molecule has 1 saturated carbocycles. The second kappa shape index (κ2) is 11.3. The van der Waals surface area contributed by atoms with Gasteiger partial charge in [0.15, 0.2) is 0 Å². The van der Waals surface area contributed by atoms with Crippen molar-refractivity contribution in [1.29, 1.82) is 0 Å². The molecule has 9 heteroatoms. The first-order chi connectivity index (χ1) is 21.0. The molecule has 2 aromatic carbocycles. The van der Waals surface area contributed by atoms with Crippen molar-refractivity contribution in [2.24, 2.45) is 0 Å². The Kier molecular flexibility index (Phi) is 7.49. The summed E-state index contributed by atoms with van der Waals surface area (Å²) in [4.78, 5) is 30.7. The smallest absolute Gasteiger partial charge is 0.435 e. The Hall–Kier alpha value is -4.92. The minimum atomic E-state index is -0.568. The SMILES string of the molecule is CC(C)OC(=O)n1nccc1-c1cccn2c(-c3ccccc3)c(-c3ccc(C4(NC(=O)OC(C)(C)C)CCC4)cc3)nc12. The molecule has 1 aliphatic rings. The summed E-state index contributed by atoms with van der Waals surface area (Å²) in [5, 5.41) is 7.39. The molecule has 6 rings (SSSR count). The van der Waals surface area contributed by atoms with Gasteiger partial charge in [0.05, 0.1) is 34.9 Å². The molecule has 0 saturated heterocycles. The average molecular weight is 592 g/mol. The topological polar surface area (TPSA) is 99.8 Å².